The molecule has 1 aliphatic rings. The van der Waals surface area contributed by atoms with Gasteiger partial charge in [0.15, 0.2) is 0 Å². The molecule has 0 bridgehead atoms. The Kier molecular flexibility index (Phi) is 7.54. The molecule has 0 saturated carbocycles. The summed E-state index contributed by atoms with van der Waals surface area (Å²) in [6.07, 6.45) is 2.19. The standard InChI is InChI=1S/C28H32N2O5S/c1-4-28(5-2)19-25(24-16-9-10-17-26(24)35-28)29-27(31)20-30(21-12-11-13-22(18-21)34-3)36(32,33)23-14-7-6-8-15-23/h6-18,25H,4-5,19-20H2,1-3H3,(H,29,31). The van der Waals surface area contributed by atoms with E-state index in [1.165, 1.54) is 19.2 Å². The number of rotatable bonds is 9. The second-order valence-corrected chi connectivity index (χ2v) is 10.7. The predicted molar refractivity (Wildman–Crippen MR) is 140 cm³/mol. The topological polar surface area (TPSA) is 84.9 Å². The van der Waals surface area contributed by atoms with Crippen LogP contribution in [0.1, 0.15) is 44.7 Å². The van der Waals surface area contributed by atoms with E-state index in [0.717, 1.165) is 28.5 Å². The number of para-hydroxylation sites is 1. The minimum absolute atomic E-state index is 0.105. The van der Waals surface area contributed by atoms with Crippen LogP contribution in [-0.4, -0.2) is 33.6 Å². The number of anilines is 1. The van der Waals surface area contributed by atoms with Gasteiger partial charge in [-0.2, -0.15) is 0 Å². The Morgan fingerprint density at radius 3 is 2.42 bits per heavy atom. The molecular weight excluding hydrogens is 476 g/mol. The molecule has 0 aliphatic carbocycles. The van der Waals surface area contributed by atoms with E-state index in [0.29, 0.717) is 17.9 Å². The number of ether oxygens (including phenoxy) is 2. The summed E-state index contributed by atoms with van der Waals surface area (Å²) in [5.74, 6) is 0.842. The van der Waals surface area contributed by atoms with Crippen LogP contribution in [0, 0.1) is 0 Å². The molecule has 3 aromatic rings. The van der Waals surface area contributed by atoms with Crippen LogP contribution in [0.25, 0.3) is 0 Å². The summed E-state index contributed by atoms with van der Waals surface area (Å²) in [7, 11) is -2.50. The van der Waals surface area contributed by atoms with Crippen molar-refractivity contribution >= 4 is 21.6 Å². The Balaban J connectivity index is 1.66. The van der Waals surface area contributed by atoms with Crippen molar-refractivity contribution in [2.45, 2.75) is 49.6 Å². The maximum Gasteiger partial charge on any atom is 0.264 e. The highest BCUT2D eigenvalue weighted by Gasteiger charge is 2.39. The molecule has 1 atom stereocenters. The third-order valence-corrected chi connectivity index (χ3v) is 8.57. The number of nitrogens with zero attached hydrogens (tertiary/aromatic N) is 1. The molecule has 190 valence electrons. The summed E-state index contributed by atoms with van der Waals surface area (Å²) in [5.41, 5.74) is 0.842. The Morgan fingerprint density at radius 1 is 1.03 bits per heavy atom. The average Bonchev–Trinajstić information content (AvgIpc) is 2.92. The molecule has 1 heterocycles. The second kappa shape index (κ2) is 10.6. The monoisotopic (exact) mass is 508 g/mol. The van der Waals surface area contributed by atoms with Crippen LogP contribution >= 0.6 is 0 Å². The predicted octanol–water partition coefficient (Wildman–Crippen LogP) is 5.09. The first-order valence-corrected chi connectivity index (χ1v) is 13.5. The average molecular weight is 509 g/mol. The number of carbonyl (C=O) groups excluding carboxylic acids is 1. The van der Waals surface area contributed by atoms with Gasteiger partial charge in [0.25, 0.3) is 10.0 Å². The Hall–Kier alpha value is -3.52. The summed E-state index contributed by atoms with van der Waals surface area (Å²) in [4.78, 5) is 13.5. The van der Waals surface area contributed by atoms with Crippen LogP contribution in [0.4, 0.5) is 5.69 Å². The van der Waals surface area contributed by atoms with Gasteiger partial charge in [0.1, 0.15) is 23.6 Å². The van der Waals surface area contributed by atoms with E-state index in [4.69, 9.17) is 9.47 Å². The number of sulfonamides is 1. The van der Waals surface area contributed by atoms with Crippen molar-refractivity contribution in [1.29, 1.82) is 0 Å². The Bertz CT molecular complexity index is 1310. The van der Waals surface area contributed by atoms with E-state index in [1.807, 2.05) is 24.3 Å². The van der Waals surface area contributed by atoms with Gasteiger partial charge in [0.2, 0.25) is 5.91 Å². The van der Waals surface area contributed by atoms with Gasteiger partial charge in [-0.15, -0.1) is 0 Å². The number of amides is 1. The van der Waals surface area contributed by atoms with Crippen LogP contribution in [0.15, 0.2) is 83.8 Å². The van der Waals surface area contributed by atoms with Crippen molar-refractivity contribution < 1.29 is 22.7 Å². The molecule has 1 N–H and O–H groups in total. The minimum atomic E-state index is -4.02. The highest BCUT2D eigenvalue weighted by molar-refractivity contribution is 7.92. The summed E-state index contributed by atoms with van der Waals surface area (Å²) in [6, 6.07) is 22.2. The van der Waals surface area contributed by atoms with E-state index in [-0.39, 0.29) is 17.5 Å². The van der Waals surface area contributed by atoms with E-state index < -0.39 is 21.5 Å². The maximum absolute atomic E-state index is 13.6. The molecule has 0 aromatic heterocycles. The van der Waals surface area contributed by atoms with Crippen molar-refractivity contribution in [1.82, 2.24) is 5.32 Å². The van der Waals surface area contributed by atoms with Gasteiger partial charge in [0.05, 0.1) is 23.7 Å². The van der Waals surface area contributed by atoms with Crippen LogP contribution in [-0.2, 0) is 14.8 Å². The molecule has 8 heteroatoms. The zero-order valence-electron chi connectivity index (χ0n) is 20.8. The largest absolute Gasteiger partial charge is 0.497 e. The van der Waals surface area contributed by atoms with Crippen LogP contribution < -0.4 is 19.1 Å². The molecule has 0 fully saturated rings. The number of methoxy groups -OCH3 is 1. The van der Waals surface area contributed by atoms with Gasteiger partial charge in [-0.05, 0) is 43.2 Å². The number of carbonyl (C=O) groups is 1. The minimum Gasteiger partial charge on any atom is -0.497 e. The first-order chi connectivity index (χ1) is 17.3. The number of hydrogen-bond donors (Lipinski definition) is 1. The molecular formula is C28H32N2O5S. The van der Waals surface area contributed by atoms with Gasteiger partial charge in [-0.3, -0.25) is 9.10 Å². The summed E-state index contributed by atoms with van der Waals surface area (Å²) >= 11 is 0. The molecule has 1 aliphatic heterocycles. The SMILES string of the molecule is CCC1(CC)CC(NC(=O)CN(c2cccc(OC)c2)S(=O)(=O)c2ccccc2)c2ccccc2O1. The van der Waals surface area contributed by atoms with Gasteiger partial charge < -0.3 is 14.8 Å². The highest BCUT2D eigenvalue weighted by atomic mass is 32.2. The third kappa shape index (κ3) is 5.18. The van der Waals surface area contributed by atoms with Gasteiger partial charge in [-0.25, -0.2) is 8.42 Å². The summed E-state index contributed by atoms with van der Waals surface area (Å²) < 4.78 is 40.0. The zero-order chi connectivity index (χ0) is 25.8. The zero-order valence-corrected chi connectivity index (χ0v) is 21.6. The Labute approximate surface area is 213 Å². The molecule has 0 saturated heterocycles. The number of hydrogen-bond acceptors (Lipinski definition) is 5. The second-order valence-electron chi connectivity index (χ2n) is 8.88. The summed E-state index contributed by atoms with van der Waals surface area (Å²) in [6.45, 7) is 3.77. The lowest BCUT2D eigenvalue weighted by Crippen LogP contribution is -2.47. The van der Waals surface area contributed by atoms with Crippen LogP contribution in [0.3, 0.4) is 0 Å². The number of benzene rings is 3. The number of fused-ring (bicyclic) bond motifs is 1. The number of nitrogens with one attached hydrogen (secondary N) is 1. The van der Waals surface area contributed by atoms with E-state index in [9.17, 15) is 13.2 Å². The molecule has 4 rings (SSSR count). The normalized spacial score (nSPS) is 16.4. The molecule has 1 unspecified atom stereocenters. The van der Waals surface area contributed by atoms with Gasteiger partial charge >= 0.3 is 0 Å². The molecule has 3 aromatic carbocycles. The fraction of sp³-hybridized carbons (Fsp3) is 0.321. The fourth-order valence-electron chi connectivity index (χ4n) is 4.60. The third-order valence-electron chi connectivity index (χ3n) is 6.78. The molecule has 1 amide bonds. The van der Waals surface area contributed by atoms with Crippen molar-refractivity contribution in [2.24, 2.45) is 0 Å². The lowest BCUT2D eigenvalue weighted by atomic mass is 9.83. The quantitative estimate of drug-likeness (QED) is 0.435. The molecule has 36 heavy (non-hydrogen) atoms. The van der Waals surface area contributed by atoms with Gasteiger partial charge in [-0.1, -0.05) is 56.3 Å². The van der Waals surface area contributed by atoms with Gasteiger partial charge in [0, 0.05) is 18.1 Å². The highest BCUT2D eigenvalue weighted by Crippen LogP contribution is 2.42. The molecule has 0 spiro atoms. The van der Waals surface area contributed by atoms with Crippen molar-refractivity contribution in [3.05, 3.63) is 84.4 Å². The lowest BCUT2D eigenvalue weighted by molar-refractivity contribution is -0.121. The smallest absolute Gasteiger partial charge is 0.264 e. The summed E-state index contributed by atoms with van der Waals surface area (Å²) in [5, 5.41) is 3.09. The Morgan fingerprint density at radius 2 is 1.72 bits per heavy atom. The maximum atomic E-state index is 13.6. The van der Waals surface area contributed by atoms with Crippen molar-refractivity contribution in [3.63, 3.8) is 0 Å². The van der Waals surface area contributed by atoms with Crippen molar-refractivity contribution in [2.75, 3.05) is 18.0 Å². The van der Waals surface area contributed by atoms with E-state index in [1.54, 1.807) is 42.5 Å². The van der Waals surface area contributed by atoms with Crippen molar-refractivity contribution in [3.8, 4) is 11.5 Å². The molecule has 7 nitrogen and oxygen atoms in total. The first kappa shape index (κ1) is 25.6. The van der Waals surface area contributed by atoms with E-state index >= 15 is 0 Å². The van der Waals surface area contributed by atoms with Crippen LogP contribution in [0.2, 0.25) is 0 Å². The lowest BCUT2D eigenvalue weighted by Gasteiger charge is -2.41. The van der Waals surface area contributed by atoms with Crippen LogP contribution in [0.5, 0.6) is 11.5 Å². The van der Waals surface area contributed by atoms with E-state index in [2.05, 4.69) is 19.2 Å². The first-order valence-electron chi connectivity index (χ1n) is 12.1. The fourth-order valence-corrected chi connectivity index (χ4v) is 6.03. The molecule has 0 radical (unpaired) electrons.